The van der Waals surface area contributed by atoms with E-state index in [4.69, 9.17) is 9.47 Å². The maximum Gasteiger partial charge on any atom is 0.308 e. The minimum Gasteiger partial charge on any atom is -0.496 e. The van der Waals surface area contributed by atoms with Crippen molar-refractivity contribution in [3.8, 4) is 5.75 Å². The number of methoxy groups -OCH3 is 2. The third-order valence-corrected chi connectivity index (χ3v) is 3.25. The molecule has 0 bridgehead atoms. The Labute approximate surface area is 109 Å². The van der Waals surface area contributed by atoms with Gasteiger partial charge in [0.15, 0.2) is 0 Å². The summed E-state index contributed by atoms with van der Waals surface area (Å²) in [6.45, 7) is 4.11. The van der Waals surface area contributed by atoms with Crippen LogP contribution >= 0.6 is 0 Å². The molecule has 0 saturated carbocycles. The minimum absolute atomic E-state index is 0.101. The van der Waals surface area contributed by atoms with E-state index in [1.807, 2.05) is 13.0 Å². The third kappa shape index (κ3) is 3.49. The average molecular weight is 250 g/mol. The fourth-order valence-corrected chi connectivity index (χ4v) is 2.04. The highest BCUT2D eigenvalue weighted by Crippen LogP contribution is 2.25. The van der Waals surface area contributed by atoms with Crippen LogP contribution in [0.5, 0.6) is 5.75 Å². The molecule has 1 aromatic carbocycles. The van der Waals surface area contributed by atoms with Gasteiger partial charge in [-0.25, -0.2) is 0 Å². The van der Waals surface area contributed by atoms with E-state index >= 15 is 0 Å². The van der Waals surface area contributed by atoms with Gasteiger partial charge in [-0.2, -0.15) is 0 Å². The van der Waals surface area contributed by atoms with Gasteiger partial charge < -0.3 is 9.47 Å². The summed E-state index contributed by atoms with van der Waals surface area (Å²) in [6.07, 6.45) is 2.42. The van der Waals surface area contributed by atoms with Gasteiger partial charge in [-0.05, 0) is 36.5 Å². The van der Waals surface area contributed by atoms with Gasteiger partial charge >= 0.3 is 5.97 Å². The molecule has 0 aliphatic rings. The van der Waals surface area contributed by atoms with Crippen LogP contribution in [0.25, 0.3) is 0 Å². The zero-order chi connectivity index (χ0) is 13.5. The molecule has 1 rings (SSSR count). The van der Waals surface area contributed by atoms with Crippen molar-refractivity contribution >= 4 is 5.97 Å². The predicted octanol–water partition coefficient (Wildman–Crippen LogP) is 3.00. The SMILES string of the molecule is CCc1ccc(OC)c(CC(CC)C(=O)OC)c1. The first-order valence-electron chi connectivity index (χ1n) is 6.39. The Kier molecular flexibility index (Phi) is 5.69. The van der Waals surface area contributed by atoms with Crippen LogP contribution in [0.3, 0.4) is 0 Å². The Morgan fingerprint density at radius 2 is 2.00 bits per heavy atom. The highest BCUT2D eigenvalue weighted by atomic mass is 16.5. The second-order valence-corrected chi connectivity index (χ2v) is 4.33. The lowest BCUT2D eigenvalue weighted by atomic mass is 9.95. The zero-order valence-corrected chi connectivity index (χ0v) is 11.7. The summed E-state index contributed by atoms with van der Waals surface area (Å²) in [5.41, 5.74) is 2.33. The van der Waals surface area contributed by atoms with Crippen LogP contribution in [0.4, 0.5) is 0 Å². The molecule has 0 radical (unpaired) electrons. The lowest BCUT2D eigenvalue weighted by Gasteiger charge is -2.15. The van der Waals surface area contributed by atoms with E-state index < -0.39 is 0 Å². The van der Waals surface area contributed by atoms with E-state index in [1.165, 1.54) is 12.7 Å². The number of rotatable bonds is 6. The summed E-state index contributed by atoms with van der Waals surface area (Å²) in [4.78, 5) is 11.6. The molecule has 3 heteroatoms. The van der Waals surface area contributed by atoms with Crippen LogP contribution in [0, 0.1) is 5.92 Å². The summed E-state index contributed by atoms with van der Waals surface area (Å²) in [5, 5.41) is 0. The molecule has 0 aromatic heterocycles. The summed E-state index contributed by atoms with van der Waals surface area (Å²) < 4.78 is 10.2. The molecule has 100 valence electrons. The zero-order valence-electron chi connectivity index (χ0n) is 11.7. The molecular weight excluding hydrogens is 228 g/mol. The van der Waals surface area contributed by atoms with Crippen molar-refractivity contribution in [2.75, 3.05) is 14.2 Å². The fourth-order valence-electron chi connectivity index (χ4n) is 2.04. The maximum absolute atomic E-state index is 11.6. The van der Waals surface area contributed by atoms with Crippen LogP contribution in [0.2, 0.25) is 0 Å². The van der Waals surface area contributed by atoms with Gasteiger partial charge in [0.05, 0.1) is 20.1 Å². The number of benzene rings is 1. The van der Waals surface area contributed by atoms with E-state index in [0.29, 0.717) is 6.42 Å². The Hall–Kier alpha value is -1.51. The van der Waals surface area contributed by atoms with Crippen molar-refractivity contribution < 1.29 is 14.3 Å². The molecule has 1 unspecified atom stereocenters. The van der Waals surface area contributed by atoms with Crippen molar-refractivity contribution in [3.05, 3.63) is 29.3 Å². The fraction of sp³-hybridized carbons (Fsp3) is 0.533. The number of hydrogen-bond donors (Lipinski definition) is 0. The molecule has 0 N–H and O–H groups in total. The van der Waals surface area contributed by atoms with Gasteiger partial charge in [-0.1, -0.05) is 26.0 Å². The van der Waals surface area contributed by atoms with Gasteiger partial charge in [0.1, 0.15) is 5.75 Å². The first-order valence-corrected chi connectivity index (χ1v) is 6.39. The lowest BCUT2D eigenvalue weighted by Crippen LogP contribution is -2.18. The van der Waals surface area contributed by atoms with Crippen molar-refractivity contribution in [1.82, 2.24) is 0 Å². The van der Waals surface area contributed by atoms with Crippen LogP contribution in [0.15, 0.2) is 18.2 Å². The third-order valence-electron chi connectivity index (χ3n) is 3.25. The summed E-state index contributed by atoms with van der Waals surface area (Å²) in [6, 6.07) is 6.14. The summed E-state index contributed by atoms with van der Waals surface area (Å²) >= 11 is 0. The summed E-state index contributed by atoms with van der Waals surface area (Å²) in [5.74, 6) is 0.590. The van der Waals surface area contributed by atoms with Crippen LogP contribution in [0.1, 0.15) is 31.4 Å². The number of aryl methyl sites for hydroxylation is 1. The minimum atomic E-state index is -0.151. The van der Waals surface area contributed by atoms with Crippen LogP contribution < -0.4 is 4.74 Å². The van der Waals surface area contributed by atoms with Crippen molar-refractivity contribution in [2.45, 2.75) is 33.1 Å². The Balaban J connectivity index is 2.96. The molecule has 0 spiro atoms. The highest BCUT2D eigenvalue weighted by Gasteiger charge is 2.19. The largest absolute Gasteiger partial charge is 0.496 e. The summed E-state index contributed by atoms with van der Waals surface area (Å²) in [7, 11) is 3.09. The maximum atomic E-state index is 11.6. The number of ether oxygens (including phenoxy) is 2. The molecule has 0 saturated heterocycles. The molecule has 0 amide bonds. The quantitative estimate of drug-likeness (QED) is 0.728. The first-order chi connectivity index (χ1) is 8.65. The van der Waals surface area contributed by atoms with Crippen molar-refractivity contribution in [1.29, 1.82) is 0 Å². The standard InChI is InChI=1S/C15H22O3/c1-5-11-7-8-14(17-3)13(9-11)10-12(6-2)15(16)18-4/h7-9,12H,5-6,10H2,1-4H3. The lowest BCUT2D eigenvalue weighted by molar-refractivity contribution is -0.145. The smallest absolute Gasteiger partial charge is 0.308 e. The molecular formula is C15H22O3. The topological polar surface area (TPSA) is 35.5 Å². The van der Waals surface area contributed by atoms with Crippen molar-refractivity contribution in [2.24, 2.45) is 5.92 Å². The second-order valence-electron chi connectivity index (χ2n) is 4.33. The van der Waals surface area contributed by atoms with E-state index in [9.17, 15) is 4.79 Å². The van der Waals surface area contributed by atoms with E-state index in [-0.39, 0.29) is 11.9 Å². The molecule has 0 fully saturated rings. The van der Waals surface area contributed by atoms with Gasteiger partial charge in [-0.15, -0.1) is 0 Å². The first kappa shape index (κ1) is 14.6. The Bertz CT molecular complexity index is 399. The van der Waals surface area contributed by atoms with Gasteiger partial charge in [0.2, 0.25) is 0 Å². The van der Waals surface area contributed by atoms with E-state index in [2.05, 4.69) is 19.1 Å². The monoisotopic (exact) mass is 250 g/mol. The highest BCUT2D eigenvalue weighted by molar-refractivity contribution is 5.72. The molecule has 0 aliphatic heterocycles. The molecule has 3 nitrogen and oxygen atoms in total. The van der Waals surface area contributed by atoms with Gasteiger partial charge in [-0.3, -0.25) is 4.79 Å². The normalized spacial score (nSPS) is 12.0. The number of esters is 1. The number of carbonyl (C=O) groups excluding carboxylic acids is 1. The Morgan fingerprint density at radius 1 is 1.28 bits per heavy atom. The number of hydrogen-bond acceptors (Lipinski definition) is 3. The molecule has 0 heterocycles. The van der Waals surface area contributed by atoms with Crippen LogP contribution in [-0.4, -0.2) is 20.2 Å². The average Bonchev–Trinajstić information content (AvgIpc) is 2.43. The number of carbonyl (C=O) groups is 1. The van der Waals surface area contributed by atoms with Gasteiger partial charge in [0, 0.05) is 0 Å². The predicted molar refractivity (Wildman–Crippen MR) is 71.9 cm³/mol. The van der Waals surface area contributed by atoms with E-state index in [1.54, 1.807) is 7.11 Å². The molecule has 1 aromatic rings. The van der Waals surface area contributed by atoms with Crippen LogP contribution in [-0.2, 0) is 22.4 Å². The molecule has 18 heavy (non-hydrogen) atoms. The van der Waals surface area contributed by atoms with Crippen molar-refractivity contribution in [3.63, 3.8) is 0 Å². The second kappa shape index (κ2) is 7.04. The molecule has 0 aliphatic carbocycles. The van der Waals surface area contributed by atoms with E-state index in [0.717, 1.165) is 24.2 Å². The molecule has 1 atom stereocenters. The Morgan fingerprint density at radius 3 is 2.50 bits per heavy atom. The van der Waals surface area contributed by atoms with Gasteiger partial charge in [0.25, 0.3) is 0 Å².